The van der Waals surface area contributed by atoms with Crippen LogP contribution in [0.5, 0.6) is 28.7 Å². The summed E-state index contributed by atoms with van der Waals surface area (Å²) in [6, 6.07) is 19.2. The molecule has 0 radical (unpaired) electrons. The second-order valence-electron chi connectivity index (χ2n) is 31.9. The number of nitrogens with one attached hydrogen (secondary N) is 2. The lowest BCUT2D eigenvalue weighted by Gasteiger charge is -2.29. The highest BCUT2D eigenvalue weighted by Gasteiger charge is 2.37. The van der Waals surface area contributed by atoms with Gasteiger partial charge in [-0.2, -0.15) is 0 Å². The number of amides is 1. The van der Waals surface area contributed by atoms with Crippen molar-refractivity contribution in [3.63, 3.8) is 0 Å². The average Bonchev–Trinajstić information content (AvgIpc) is 0.731. The maximum absolute atomic E-state index is 13.3. The Labute approximate surface area is 730 Å². The lowest BCUT2D eigenvalue weighted by molar-refractivity contribution is -0.386. The lowest BCUT2D eigenvalue weighted by atomic mass is 9.79. The molecule has 0 fully saturated rings. The molecule has 112 heavy (non-hydrogen) atoms. The number of phenols is 1. The topological polar surface area (TPSA) is 293 Å². The number of anilines is 2. The largest absolute Gasteiger partial charge is 0.513 e. The molecule has 0 saturated carbocycles. The van der Waals surface area contributed by atoms with Crippen molar-refractivity contribution >= 4 is 106 Å². The summed E-state index contributed by atoms with van der Waals surface area (Å²) in [7, 11) is 4.21. The van der Waals surface area contributed by atoms with E-state index in [9.17, 15) is 44.0 Å². The monoisotopic (exact) mass is 1770 g/mol. The quantitative estimate of drug-likeness (QED) is 0.0288. The van der Waals surface area contributed by atoms with Crippen molar-refractivity contribution in [2.75, 3.05) is 39.5 Å². The highest BCUT2D eigenvalue weighted by atomic mass is 79.9. The molecule has 616 valence electrons. The number of benzene rings is 6. The summed E-state index contributed by atoms with van der Waals surface area (Å²) < 4.78 is 275. The first-order valence-electron chi connectivity index (χ1n) is 49.1. The van der Waals surface area contributed by atoms with E-state index < -0.39 is 181 Å². The normalized spacial score (nSPS) is 17.2. The third-order valence-corrected chi connectivity index (χ3v) is 18.2. The van der Waals surface area contributed by atoms with Crippen LogP contribution in [0.2, 0.25) is 0 Å². The van der Waals surface area contributed by atoms with Crippen molar-refractivity contribution in [3.8, 4) is 28.7 Å². The smallest absolute Gasteiger partial charge is 0.506 e. The van der Waals surface area contributed by atoms with Crippen LogP contribution in [-0.2, 0) is 73.1 Å². The first-order valence-corrected chi connectivity index (χ1v) is 36.5. The molecule has 0 unspecified atom stereocenters. The van der Waals surface area contributed by atoms with Gasteiger partial charge >= 0.3 is 24.6 Å². The molecule has 0 atom stereocenters. The van der Waals surface area contributed by atoms with Crippen LogP contribution in [0.1, 0.15) is 314 Å². The number of H-pyrrole nitrogens is 1. The van der Waals surface area contributed by atoms with Crippen molar-refractivity contribution < 1.29 is 113 Å². The number of nitro groups is 1. The molecule has 6 aromatic carbocycles. The van der Waals surface area contributed by atoms with Crippen molar-refractivity contribution in [2.24, 2.45) is 0 Å². The molecule has 7 rings (SSSR count). The summed E-state index contributed by atoms with van der Waals surface area (Å²) in [5, 5.41) is 25.0. The Hall–Kier alpha value is -8.48. The van der Waals surface area contributed by atoms with E-state index >= 15 is 0 Å². The first-order chi connectivity index (χ1) is 63.1. The summed E-state index contributed by atoms with van der Waals surface area (Å²) in [4.78, 5) is 87.3. The minimum absolute atomic E-state index is 0.0707. The Bertz CT molecular complexity index is 5790. The summed E-state index contributed by atoms with van der Waals surface area (Å²) in [5.41, 5.74) is -7.47. The van der Waals surface area contributed by atoms with E-state index in [0.717, 1.165) is 74.7 Å². The number of fused-ring (bicyclic) bond motifs is 1. The Balaban J connectivity index is 0.000000463. The number of aromatic amines is 1. The minimum atomic E-state index is -3.07. The molecule has 24 heteroatoms. The Morgan fingerprint density at radius 2 is 0.839 bits per heavy atom. The van der Waals surface area contributed by atoms with E-state index in [1.165, 1.54) is 42.6 Å². The maximum atomic E-state index is 13.3. The molecule has 0 aliphatic heterocycles. The van der Waals surface area contributed by atoms with Crippen LogP contribution in [-0.4, -0.2) is 74.0 Å². The first kappa shape index (κ1) is 59.2. The van der Waals surface area contributed by atoms with Crippen LogP contribution in [0.4, 0.5) is 36.2 Å². The van der Waals surface area contributed by atoms with Gasteiger partial charge in [-0.25, -0.2) is 19.2 Å². The fourth-order valence-corrected chi connectivity index (χ4v) is 12.0. The van der Waals surface area contributed by atoms with Gasteiger partial charge in [0.1, 0.15) is 27.3 Å². The number of aromatic hydroxyl groups is 1. The zero-order chi connectivity index (χ0) is 112. The van der Waals surface area contributed by atoms with Crippen molar-refractivity contribution in [1.29, 1.82) is 0 Å². The number of nitrogens with two attached hydrogens (primary N) is 1. The van der Waals surface area contributed by atoms with E-state index in [2.05, 4.69) is 77.0 Å². The maximum Gasteiger partial charge on any atom is 0.513 e. The number of phenolic OH excluding ortho intramolecular Hbond substituents is 1. The average molecular weight is 1780 g/mol. The standard InChI is InChI=1S/C26H30N2O5.C16H22BrNO5.C16H23BrO3.C16H25NO3.C14H21BrO/c1-25(2,3)17-12-18(26(4,5)6)21(33-24(31)32-7)13-20(17)28-23(30)16-14-27-19-11-9-8-10-15(19)22(16)29;1-15(2,3)9-8-10(16(4,5)6)13(23-14(19)22-7)11(17)12(9)18(20)21;1-15(2,3)10-8-11(16(4,5)6)13(12(17)9-10)20-14(18)19-7;1-15(2,3)10-8-11(16(4,5)6)13(9-12(10)17)20-14(18)19-7;1-13(2,3)9-7-10(14(4,5)6)12(16)11(15)8-9/h8-14H,1-7H3,(H,27,29)(H,28,30);8H,1-7H3;8-9H,1-7H3;8-9H,17H2,1-7H3;7-8,16H,1-6H3/i5*4D3,5D3. The number of methoxy groups -OCH3 is 4. The zero-order valence-corrected chi connectivity index (χ0v) is 72.0. The molecule has 0 aliphatic rings. The Morgan fingerprint density at radius 3 is 1.27 bits per heavy atom. The number of halogens is 3. The highest BCUT2D eigenvalue weighted by Crippen LogP contribution is 2.49. The molecule has 1 aromatic heterocycles. The number of pyridine rings is 1. The van der Waals surface area contributed by atoms with Crippen LogP contribution in [0.3, 0.4) is 0 Å². The van der Waals surface area contributed by atoms with Gasteiger partial charge in [-0.1, -0.05) is 231 Å². The second-order valence-corrected chi connectivity index (χ2v) is 34.4. The third kappa shape index (κ3) is 26.8. The number of rotatable bonds is 7. The van der Waals surface area contributed by atoms with Crippen LogP contribution < -0.4 is 35.4 Å². The summed E-state index contributed by atoms with van der Waals surface area (Å²) in [5.74, 6) is -2.57. The van der Waals surface area contributed by atoms with E-state index in [1.807, 2.05) is 62.3 Å². The Kier molecular flexibility index (Phi) is 19.7. The van der Waals surface area contributed by atoms with Gasteiger partial charge in [-0.3, -0.25) is 19.7 Å². The van der Waals surface area contributed by atoms with E-state index in [1.54, 1.807) is 77.9 Å². The highest BCUT2D eigenvalue weighted by molar-refractivity contribution is 9.11. The van der Waals surface area contributed by atoms with Gasteiger partial charge in [0.15, 0.2) is 11.5 Å². The molecule has 0 bridgehead atoms. The number of hydrogen-bond acceptors (Lipinski definition) is 18. The summed E-state index contributed by atoms with van der Waals surface area (Å²) >= 11 is 9.49. The molecule has 5 N–H and O–H groups in total. The molecule has 0 spiro atoms. The van der Waals surface area contributed by atoms with Gasteiger partial charge in [0.2, 0.25) is 5.43 Å². The van der Waals surface area contributed by atoms with Gasteiger partial charge in [-0.05, 0) is 167 Å². The fourth-order valence-electron chi connectivity index (χ4n) is 10.3. The molecular formula is C88H121Br3N4O17. The molecular weight excluding hydrogens is 1620 g/mol. The molecule has 21 nitrogen and oxygen atoms in total. The Morgan fingerprint density at radius 1 is 0.464 bits per heavy atom. The predicted octanol–water partition coefficient (Wildman–Crippen LogP) is 24.6. The van der Waals surface area contributed by atoms with Crippen LogP contribution in [0, 0.1) is 10.1 Å². The van der Waals surface area contributed by atoms with Crippen molar-refractivity contribution in [3.05, 3.63) is 180 Å². The molecule has 0 aliphatic carbocycles. The van der Waals surface area contributed by atoms with E-state index in [-0.39, 0.29) is 80.8 Å². The number of hydrogen-bond donors (Lipinski definition) is 4. The number of aromatic nitrogens is 1. The number of nitrogen functional groups attached to an aromatic ring is 1. The SMILES string of the molecule is [2H]C([2H])([2H])C(C)(c1cc(C(C)(C)C)c(N)cc1OC(=O)OC)C([2H])([2H])[2H].[2H]C([2H])([2H])C(C)(c1cc(C(C)(C)C)c(NC(=O)c2c[nH]c3ccccc3c2=O)cc1OC(=O)OC)C([2H])([2H])[2H].[2H]C([2H])([2H])C(C)(c1cc(C(C)(C)C)c([N+](=O)[O-])c(Br)c1OC(=O)OC)C([2H])([2H])[2H].[2H]C([2H])([2H])C(C)(c1cc(C(C)(C)C)cc(Br)c1O)C([2H])([2H])[2H].[2H]C([2H])([2H])C(C)(c1cc(C(C)(C)C)cc(Br)c1OC(=O)OC)C([2H])([2H])[2H]. The number of nitrogens with zero attached hydrogens (tertiary/aromatic N) is 1. The fraction of sp³-hybridized carbons (Fsp3) is 0.500. The second kappa shape index (κ2) is 37.2. The summed E-state index contributed by atoms with van der Waals surface area (Å²) in [6.07, 6.45) is -3.41. The number of ether oxygens (including phenoxy) is 8. The van der Waals surface area contributed by atoms with Crippen molar-refractivity contribution in [1.82, 2.24) is 4.98 Å². The molecule has 1 amide bonds. The number of nitro benzene ring substituents is 1. The van der Waals surface area contributed by atoms with E-state index in [4.69, 9.17) is 65.8 Å². The number of para-hydroxylation sites is 1. The van der Waals surface area contributed by atoms with Crippen molar-refractivity contribution in [2.45, 2.75) is 261 Å². The predicted molar refractivity (Wildman–Crippen MR) is 460 cm³/mol. The lowest BCUT2D eigenvalue weighted by Crippen LogP contribution is -2.25. The van der Waals surface area contributed by atoms with Crippen LogP contribution in [0.15, 0.2) is 103 Å². The molecule has 7 aromatic rings. The van der Waals surface area contributed by atoms with Gasteiger partial charge < -0.3 is 59.0 Å². The third-order valence-electron chi connectivity index (χ3n) is 16.3. The zero-order valence-electron chi connectivity index (χ0n) is 97.2. The summed E-state index contributed by atoms with van der Waals surface area (Å²) in [6.45, 7) is 3.30. The van der Waals surface area contributed by atoms with Gasteiger partial charge in [0, 0.05) is 115 Å². The van der Waals surface area contributed by atoms with Gasteiger partial charge in [0.25, 0.3) is 11.6 Å². The van der Waals surface area contributed by atoms with Gasteiger partial charge in [-0.15, -0.1) is 0 Å². The van der Waals surface area contributed by atoms with Crippen LogP contribution >= 0.6 is 47.8 Å². The van der Waals surface area contributed by atoms with E-state index in [0.29, 0.717) is 27.6 Å². The molecule has 0 saturated heterocycles. The van der Waals surface area contributed by atoms with Crippen LogP contribution in [0.25, 0.3) is 10.9 Å². The number of carbonyl (C=O) groups is 5. The molecule has 1 heterocycles. The minimum Gasteiger partial charge on any atom is -0.506 e. The van der Waals surface area contributed by atoms with Gasteiger partial charge in [0.05, 0.1) is 42.3 Å². The number of carbonyl (C=O) groups excluding carboxylic acids is 5.